The van der Waals surface area contributed by atoms with Crippen molar-refractivity contribution in [2.45, 2.75) is 270 Å². The van der Waals surface area contributed by atoms with Crippen LogP contribution in [-0.4, -0.2) is 95.9 Å². The van der Waals surface area contributed by atoms with E-state index in [0.717, 1.165) is 128 Å². The summed E-state index contributed by atoms with van der Waals surface area (Å²) in [5.74, 6) is -1.70. The van der Waals surface area contributed by atoms with Gasteiger partial charge < -0.3 is 34.2 Å². The topological polar surface area (TPSA) is 231 Å². The maximum Gasteiger partial charge on any atom is 0.472 e. The largest absolute Gasteiger partial charge is 0.472 e. The van der Waals surface area contributed by atoms with Crippen molar-refractivity contribution in [2.24, 2.45) is 0 Å². The van der Waals surface area contributed by atoms with Gasteiger partial charge in [-0.2, -0.15) is 0 Å². The van der Waals surface area contributed by atoms with Crippen molar-refractivity contribution in [3.05, 3.63) is 146 Å². The smallest absolute Gasteiger partial charge is 0.463 e. The van der Waals surface area contributed by atoms with Crippen LogP contribution in [0.4, 0.5) is 0 Å². The van der Waals surface area contributed by atoms with Crippen molar-refractivity contribution >= 4 is 33.6 Å². The predicted octanol–water partition coefficient (Wildman–Crippen LogP) is 19.8. The van der Waals surface area contributed by atoms with Gasteiger partial charge in [0.2, 0.25) is 0 Å². The lowest BCUT2D eigenvalue weighted by Gasteiger charge is -2.21. The molecule has 0 heterocycles. The molecule has 0 fully saturated rings. The number of rotatable bonds is 65. The van der Waals surface area contributed by atoms with E-state index < -0.39 is 91.5 Å². The van der Waals surface area contributed by atoms with Crippen LogP contribution in [0.1, 0.15) is 252 Å². The number of phosphoric acid groups is 2. The number of unbranched alkanes of at least 4 members (excludes halogenated alkanes) is 18. The highest BCUT2D eigenvalue weighted by atomic mass is 31.2. The summed E-state index contributed by atoms with van der Waals surface area (Å²) in [6.45, 7) is 2.27. The molecule has 16 nitrogen and oxygen atoms in total. The maximum absolute atomic E-state index is 12.9. The molecule has 18 heteroatoms. The molecule has 0 aliphatic rings. The van der Waals surface area contributed by atoms with Crippen molar-refractivity contribution in [1.29, 1.82) is 0 Å². The molecule has 0 saturated heterocycles. The summed E-state index contributed by atoms with van der Waals surface area (Å²) in [5, 5.41) is 20.6. The van der Waals surface area contributed by atoms with Gasteiger partial charge in [-0.3, -0.25) is 32.5 Å². The Morgan fingerprint density at radius 2 is 0.591 bits per heavy atom. The van der Waals surface area contributed by atoms with Crippen molar-refractivity contribution in [3.63, 3.8) is 0 Å². The van der Waals surface area contributed by atoms with Gasteiger partial charge >= 0.3 is 33.6 Å². The standard InChI is InChI=1S/C75H124O16P2/c1-4-7-10-13-16-19-22-24-26-28-30-31-32-33-34-35-36-37-39-41-42-44-47-49-52-55-58-61-73(78)85-64-70(76)65-87-92(81,82)88-66-71(77)67-89-93(83,84)90-69-72(91-75(80)63-60-57-54-51-46-21-18-15-12-9-6-3)68-86-74(79)62-59-56-53-50-48-45-43-40-38-29-27-25-23-20-17-14-11-8-5-2/h7-8,10-11,15-20,24-27,30-31,33-34,38,40,45,48,53,56,70-72,76-77H,4-6,9,12-14,21-23,28-29,32,35-37,39,41-44,46-47,49-52,54-55,57-69H2,1-3H3,(H,81,82)(H,83,84)/b10-7-,11-8-,18-15-,19-16-,20-17-,26-24-,27-25-,31-30-,34-33-,40-38-,48-45-,56-53-. The molecule has 0 bridgehead atoms. The third kappa shape index (κ3) is 68.6. The van der Waals surface area contributed by atoms with Crippen LogP contribution in [0.25, 0.3) is 0 Å². The average molecular weight is 1340 g/mol. The minimum atomic E-state index is -4.94. The van der Waals surface area contributed by atoms with Crippen molar-refractivity contribution in [2.75, 3.05) is 39.6 Å². The summed E-state index contributed by atoms with van der Waals surface area (Å²) >= 11 is 0. The number of aliphatic hydroxyl groups excluding tert-OH is 2. The normalized spacial score (nSPS) is 15.0. The van der Waals surface area contributed by atoms with Crippen LogP contribution in [0.15, 0.2) is 146 Å². The summed E-state index contributed by atoms with van der Waals surface area (Å²) in [6.07, 6.45) is 80.8. The number of carbonyl (C=O) groups excluding carboxylic acids is 3. The Bertz CT molecular complexity index is 2280. The van der Waals surface area contributed by atoms with Gasteiger partial charge in [0, 0.05) is 19.3 Å². The quantitative estimate of drug-likeness (QED) is 0.0146. The van der Waals surface area contributed by atoms with Crippen LogP contribution >= 0.6 is 15.6 Å². The minimum absolute atomic E-state index is 0.0399. The molecular weight excluding hydrogens is 1220 g/mol. The minimum Gasteiger partial charge on any atom is -0.463 e. The summed E-state index contributed by atoms with van der Waals surface area (Å²) in [5.41, 5.74) is 0. The molecule has 4 N–H and O–H groups in total. The lowest BCUT2D eigenvalue weighted by Crippen LogP contribution is -2.30. The number of esters is 3. The van der Waals surface area contributed by atoms with Gasteiger partial charge in [0.15, 0.2) is 6.10 Å². The van der Waals surface area contributed by atoms with E-state index in [4.69, 9.17) is 32.3 Å². The van der Waals surface area contributed by atoms with Gasteiger partial charge in [-0.05, 0) is 122 Å². The molecule has 0 aromatic heterocycles. The van der Waals surface area contributed by atoms with Gasteiger partial charge in [-0.1, -0.05) is 256 Å². The SMILES string of the molecule is CC/C=C\C/C=C\C/C=C\C/C=C\C/C=C\C/C=C\CCC(=O)OCC(COP(=O)(O)OCC(O)COP(=O)(O)OCC(O)COC(=O)CCCCCCCCCCCCC/C=C\C/C=C\C/C=C\C/C=C\C/C=C\CC)OC(=O)CCCCCCC/C=C\CCCC. The molecule has 0 aromatic carbocycles. The van der Waals surface area contributed by atoms with Gasteiger partial charge in [-0.25, -0.2) is 9.13 Å². The fourth-order valence-corrected chi connectivity index (χ4v) is 10.3. The van der Waals surface area contributed by atoms with Crippen LogP contribution in [0.2, 0.25) is 0 Å². The summed E-state index contributed by atoms with van der Waals surface area (Å²) in [4.78, 5) is 58.3. The number of aliphatic hydroxyl groups is 2. The first-order valence-electron chi connectivity index (χ1n) is 35.1. The fraction of sp³-hybridized carbons (Fsp3) is 0.640. The fourth-order valence-electron chi connectivity index (χ4n) is 8.72. The third-order valence-corrected chi connectivity index (χ3v) is 15.9. The Kier molecular flexibility index (Phi) is 64.1. The van der Waals surface area contributed by atoms with Gasteiger partial charge in [0.25, 0.3) is 0 Å². The van der Waals surface area contributed by atoms with E-state index in [-0.39, 0.29) is 19.3 Å². The molecule has 5 unspecified atom stereocenters. The number of hydrogen-bond acceptors (Lipinski definition) is 14. The zero-order valence-corrected chi connectivity index (χ0v) is 59.2. The van der Waals surface area contributed by atoms with E-state index >= 15 is 0 Å². The Balaban J connectivity index is 4.55. The summed E-state index contributed by atoms with van der Waals surface area (Å²) in [7, 11) is -9.80. The maximum atomic E-state index is 12.9. The highest BCUT2D eigenvalue weighted by Gasteiger charge is 2.29. The number of hydrogen-bond donors (Lipinski definition) is 4. The Morgan fingerprint density at radius 3 is 0.978 bits per heavy atom. The van der Waals surface area contributed by atoms with E-state index in [2.05, 4.69) is 148 Å². The Labute approximate surface area is 562 Å². The van der Waals surface area contributed by atoms with Crippen molar-refractivity contribution in [3.8, 4) is 0 Å². The predicted molar refractivity (Wildman–Crippen MR) is 380 cm³/mol. The van der Waals surface area contributed by atoms with Crippen LogP contribution in [0.3, 0.4) is 0 Å². The third-order valence-electron chi connectivity index (χ3n) is 14.0. The second kappa shape index (κ2) is 67.4. The lowest BCUT2D eigenvalue weighted by molar-refractivity contribution is -0.161. The van der Waals surface area contributed by atoms with Crippen LogP contribution in [0, 0.1) is 0 Å². The monoisotopic (exact) mass is 1340 g/mol. The van der Waals surface area contributed by atoms with E-state index in [1.165, 1.54) is 57.8 Å². The highest BCUT2D eigenvalue weighted by Crippen LogP contribution is 2.45. The second-order valence-electron chi connectivity index (χ2n) is 22.9. The molecule has 0 spiro atoms. The Hall–Kier alpha value is -4.57. The molecule has 93 heavy (non-hydrogen) atoms. The number of phosphoric ester groups is 2. The molecule has 0 aliphatic carbocycles. The van der Waals surface area contributed by atoms with Gasteiger partial charge in [0.1, 0.15) is 25.4 Å². The molecule has 0 rings (SSSR count). The average Bonchev–Trinajstić information content (AvgIpc) is 3.68. The Morgan fingerprint density at radius 1 is 0.312 bits per heavy atom. The molecule has 0 saturated carbocycles. The zero-order valence-electron chi connectivity index (χ0n) is 57.4. The summed E-state index contributed by atoms with van der Waals surface area (Å²) in [6, 6.07) is 0. The van der Waals surface area contributed by atoms with Gasteiger partial charge in [-0.15, -0.1) is 0 Å². The molecule has 0 amide bonds. The highest BCUT2D eigenvalue weighted by molar-refractivity contribution is 7.47. The van der Waals surface area contributed by atoms with Crippen molar-refractivity contribution in [1.82, 2.24) is 0 Å². The van der Waals surface area contributed by atoms with E-state index in [9.17, 15) is 43.5 Å². The molecule has 5 atom stereocenters. The molecule has 0 aliphatic heterocycles. The first kappa shape index (κ1) is 88.4. The second-order valence-corrected chi connectivity index (χ2v) is 25.8. The first-order valence-corrected chi connectivity index (χ1v) is 38.1. The number of carbonyl (C=O) groups is 3. The number of ether oxygens (including phenoxy) is 3. The van der Waals surface area contributed by atoms with E-state index in [0.29, 0.717) is 25.7 Å². The van der Waals surface area contributed by atoms with Crippen LogP contribution in [-0.2, 0) is 55.8 Å². The van der Waals surface area contributed by atoms with E-state index in [1.54, 1.807) is 0 Å². The molecule has 0 radical (unpaired) electrons. The first-order chi connectivity index (χ1) is 45.2. The van der Waals surface area contributed by atoms with Crippen molar-refractivity contribution < 1.29 is 75.8 Å². The summed E-state index contributed by atoms with van der Waals surface area (Å²) < 4.78 is 60.7. The molecule has 0 aromatic rings. The molecular formula is C75H124O16P2. The lowest BCUT2D eigenvalue weighted by atomic mass is 10.0. The van der Waals surface area contributed by atoms with Gasteiger partial charge in [0.05, 0.1) is 26.4 Å². The van der Waals surface area contributed by atoms with Crippen LogP contribution in [0.5, 0.6) is 0 Å². The van der Waals surface area contributed by atoms with Crippen LogP contribution < -0.4 is 0 Å². The molecule has 530 valence electrons. The number of allylic oxidation sites excluding steroid dienone is 24. The van der Waals surface area contributed by atoms with E-state index in [1.807, 2.05) is 18.2 Å². The zero-order chi connectivity index (χ0) is 68.1.